The van der Waals surface area contributed by atoms with E-state index < -0.39 is 0 Å². The van der Waals surface area contributed by atoms with Gasteiger partial charge in [-0.25, -0.2) is 0 Å². The fourth-order valence-electron chi connectivity index (χ4n) is 1.22. The second kappa shape index (κ2) is 5.33. The van der Waals surface area contributed by atoms with Crippen LogP contribution in [0.2, 0.25) is 0 Å². The molecule has 2 N–H and O–H groups in total. The van der Waals surface area contributed by atoms with Gasteiger partial charge in [-0.15, -0.1) is 0 Å². The molecule has 0 atom stereocenters. The zero-order valence-corrected chi connectivity index (χ0v) is 13.8. The molecule has 1 fully saturated rings. The summed E-state index contributed by atoms with van der Waals surface area (Å²) in [5.74, 6) is 0. The third-order valence-electron chi connectivity index (χ3n) is 2.16. The standard InChI is InChI=1S/C10H9Br3N2S/c11-5-3-7(12)9(8(13)4-5)15-10(16)14-6-1-2-6/h3-4,6H,1-2H2,(H2,14,15,16). The van der Waals surface area contributed by atoms with Crippen molar-refractivity contribution in [2.75, 3.05) is 5.32 Å². The monoisotopic (exact) mass is 426 g/mol. The Balaban J connectivity index is 2.10. The number of hydrogen-bond donors (Lipinski definition) is 2. The summed E-state index contributed by atoms with van der Waals surface area (Å²) >= 11 is 15.7. The quantitative estimate of drug-likeness (QED) is 0.682. The van der Waals surface area contributed by atoms with E-state index in [1.54, 1.807) is 0 Å². The maximum absolute atomic E-state index is 5.23. The van der Waals surface area contributed by atoms with Gasteiger partial charge < -0.3 is 10.6 Å². The molecule has 0 bridgehead atoms. The molecule has 0 saturated heterocycles. The number of thiocarbonyl (C=S) groups is 1. The van der Waals surface area contributed by atoms with Crippen molar-refractivity contribution in [3.05, 3.63) is 25.6 Å². The SMILES string of the molecule is S=C(Nc1c(Br)cc(Br)cc1Br)NC1CC1. The molecule has 0 aromatic heterocycles. The molecule has 0 spiro atoms. The Morgan fingerprint density at radius 2 is 1.75 bits per heavy atom. The van der Waals surface area contributed by atoms with Crippen molar-refractivity contribution in [3.8, 4) is 0 Å². The molecular weight excluding hydrogens is 420 g/mol. The van der Waals surface area contributed by atoms with Gasteiger partial charge in [0.15, 0.2) is 5.11 Å². The molecule has 1 aliphatic carbocycles. The molecule has 0 heterocycles. The van der Waals surface area contributed by atoms with Gasteiger partial charge >= 0.3 is 0 Å². The number of anilines is 1. The Labute approximate surface area is 125 Å². The summed E-state index contributed by atoms with van der Waals surface area (Å²) in [6.07, 6.45) is 2.43. The maximum Gasteiger partial charge on any atom is 0.171 e. The minimum Gasteiger partial charge on any atom is -0.360 e. The predicted octanol–water partition coefficient (Wildman–Crippen LogP) is 4.42. The van der Waals surface area contributed by atoms with Gasteiger partial charge in [0.25, 0.3) is 0 Å². The molecule has 1 aromatic rings. The van der Waals surface area contributed by atoms with Crippen LogP contribution in [-0.4, -0.2) is 11.2 Å². The topological polar surface area (TPSA) is 24.1 Å². The summed E-state index contributed by atoms with van der Waals surface area (Å²) < 4.78 is 2.94. The van der Waals surface area contributed by atoms with Gasteiger partial charge in [0, 0.05) is 19.5 Å². The third-order valence-corrected chi connectivity index (χ3v) is 4.09. The number of nitrogens with one attached hydrogen (secondary N) is 2. The van der Waals surface area contributed by atoms with E-state index in [2.05, 4.69) is 58.4 Å². The van der Waals surface area contributed by atoms with Gasteiger partial charge in [-0.2, -0.15) is 0 Å². The van der Waals surface area contributed by atoms with Crippen LogP contribution in [0.1, 0.15) is 12.8 Å². The second-order valence-corrected chi connectivity index (χ2v) is 6.65. The molecule has 0 radical (unpaired) electrons. The van der Waals surface area contributed by atoms with Crippen LogP contribution in [0.25, 0.3) is 0 Å². The van der Waals surface area contributed by atoms with Gasteiger partial charge in [0.1, 0.15) is 0 Å². The van der Waals surface area contributed by atoms with Crippen LogP contribution in [0, 0.1) is 0 Å². The molecule has 1 saturated carbocycles. The molecule has 2 nitrogen and oxygen atoms in total. The highest BCUT2D eigenvalue weighted by molar-refractivity contribution is 9.11. The zero-order chi connectivity index (χ0) is 11.7. The number of hydrogen-bond acceptors (Lipinski definition) is 1. The van der Waals surface area contributed by atoms with Gasteiger partial charge in [0.05, 0.1) is 5.69 Å². The van der Waals surface area contributed by atoms with E-state index in [1.807, 2.05) is 12.1 Å². The molecule has 2 rings (SSSR count). The first-order valence-corrected chi connectivity index (χ1v) is 7.57. The fourth-order valence-corrected chi connectivity index (χ4v) is 3.95. The van der Waals surface area contributed by atoms with E-state index in [9.17, 15) is 0 Å². The lowest BCUT2D eigenvalue weighted by Gasteiger charge is -2.13. The van der Waals surface area contributed by atoms with Crippen molar-refractivity contribution in [1.82, 2.24) is 5.32 Å². The summed E-state index contributed by atoms with van der Waals surface area (Å²) in [6.45, 7) is 0. The minimum atomic E-state index is 0.563. The molecule has 1 aliphatic rings. The Morgan fingerprint density at radius 3 is 2.25 bits per heavy atom. The second-order valence-electron chi connectivity index (χ2n) is 3.62. The van der Waals surface area contributed by atoms with Crippen molar-refractivity contribution in [3.63, 3.8) is 0 Å². The summed E-state index contributed by atoms with van der Waals surface area (Å²) in [6, 6.07) is 4.52. The molecular formula is C10H9Br3N2S. The molecule has 16 heavy (non-hydrogen) atoms. The summed E-state index contributed by atoms with van der Waals surface area (Å²) in [5, 5.41) is 7.09. The van der Waals surface area contributed by atoms with Crippen LogP contribution in [0.15, 0.2) is 25.6 Å². The molecule has 0 unspecified atom stereocenters. The van der Waals surface area contributed by atoms with Crippen LogP contribution in [0.5, 0.6) is 0 Å². The number of halogens is 3. The number of benzene rings is 1. The molecule has 1 aromatic carbocycles. The van der Waals surface area contributed by atoms with Crippen LogP contribution < -0.4 is 10.6 Å². The maximum atomic E-state index is 5.23. The molecule has 86 valence electrons. The van der Waals surface area contributed by atoms with Crippen molar-refractivity contribution >= 4 is 70.8 Å². The third kappa shape index (κ3) is 3.42. The van der Waals surface area contributed by atoms with E-state index in [4.69, 9.17) is 12.2 Å². The van der Waals surface area contributed by atoms with Crippen LogP contribution in [-0.2, 0) is 0 Å². The van der Waals surface area contributed by atoms with E-state index in [0.29, 0.717) is 11.2 Å². The first-order chi connectivity index (χ1) is 7.56. The first-order valence-electron chi connectivity index (χ1n) is 4.78. The highest BCUT2D eigenvalue weighted by Crippen LogP contribution is 2.34. The van der Waals surface area contributed by atoms with Gasteiger partial charge in [-0.3, -0.25) is 0 Å². The van der Waals surface area contributed by atoms with Crippen molar-refractivity contribution in [1.29, 1.82) is 0 Å². The van der Waals surface area contributed by atoms with Gasteiger partial charge in [0.2, 0.25) is 0 Å². The van der Waals surface area contributed by atoms with E-state index in [1.165, 1.54) is 12.8 Å². The Hall–Kier alpha value is 0.350. The van der Waals surface area contributed by atoms with E-state index in [-0.39, 0.29) is 0 Å². The van der Waals surface area contributed by atoms with Crippen LogP contribution in [0.4, 0.5) is 5.69 Å². The average Bonchev–Trinajstić information content (AvgIpc) is 2.95. The first kappa shape index (κ1) is 12.8. The predicted molar refractivity (Wildman–Crippen MR) is 81.9 cm³/mol. The lowest BCUT2D eigenvalue weighted by molar-refractivity contribution is 0.919. The van der Waals surface area contributed by atoms with Crippen LogP contribution >= 0.6 is 60.0 Å². The molecule has 6 heteroatoms. The largest absolute Gasteiger partial charge is 0.360 e. The van der Waals surface area contributed by atoms with E-state index >= 15 is 0 Å². The normalized spacial score (nSPS) is 14.7. The smallest absolute Gasteiger partial charge is 0.171 e. The lowest BCUT2D eigenvalue weighted by Crippen LogP contribution is -2.30. The van der Waals surface area contributed by atoms with Crippen molar-refractivity contribution in [2.24, 2.45) is 0 Å². The zero-order valence-electron chi connectivity index (χ0n) is 8.19. The Kier molecular flexibility index (Phi) is 4.26. The minimum absolute atomic E-state index is 0.563. The van der Waals surface area contributed by atoms with Crippen LogP contribution in [0.3, 0.4) is 0 Å². The Morgan fingerprint density at radius 1 is 1.19 bits per heavy atom. The highest BCUT2D eigenvalue weighted by Gasteiger charge is 2.22. The molecule has 0 aliphatic heterocycles. The van der Waals surface area contributed by atoms with Gasteiger partial charge in [-0.05, 0) is 69.1 Å². The fraction of sp³-hybridized carbons (Fsp3) is 0.300. The van der Waals surface area contributed by atoms with E-state index in [0.717, 1.165) is 19.1 Å². The Bertz CT molecular complexity index is 409. The molecule has 0 amide bonds. The number of rotatable bonds is 2. The highest BCUT2D eigenvalue weighted by atomic mass is 79.9. The summed E-state index contributed by atoms with van der Waals surface area (Å²) in [4.78, 5) is 0. The van der Waals surface area contributed by atoms with Gasteiger partial charge in [-0.1, -0.05) is 15.9 Å². The lowest BCUT2D eigenvalue weighted by atomic mass is 10.3. The van der Waals surface area contributed by atoms with Crippen molar-refractivity contribution < 1.29 is 0 Å². The summed E-state index contributed by atoms with van der Waals surface area (Å²) in [7, 11) is 0. The average molecular weight is 429 g/mol. The summed E-state index contributed by atoms with van der Waals surface area (Å²) in [5.41, 5.74) is 0.946. The van der Waals surface area contributed by atoms with Crippen molar-refractivity contribution in [2.45, 2.75) is 18.9 Å².